The van der Waals surface area contributed by atoms with E-state index in [4.69, 9.17) is 9.47 Å². The van der Waals surface area contributed by atoms with Crippen LogP contribution in [0.2, 0.25) is 0 Å². The quantitative estimate of drug-likeness (QED) is 0.510. The first-order chi connectivity index (χ1) is 12.7. The summed E-state index contributed by atoms with van der Waals surface area (Å²) >= 11 is 0. The maximum absolute atomic E-state index is 12.1. The third kappa shape index (κ3) is 5.63. The first kappa shape index (κ1) is 20.0. The van der Waals surface area contributed by atoms with Gasteiger partial charge in [0.2, 0.25) is 0 Å². The second-order valence-electron chi connectivity index (χ2n) is 8.56. The Hall–Kier alpha value is -0.740. The molecule has 0 spiro atoms. The maximum atomic E-state index is 12.1. The Bertz CT molecular complexity index is 451. The first-order valence-electron chi connectivity index (χ1n) is 10.5. The minimum Gasteiger partial charge on any atom is -0.352 e. The van der Waals surface area contributed by atoms with E-state index in [1.54, 1.807) is 0 Å². The minimum absolute atomic E-state index is 0.00755. The Labute approximate surface area is 157 Å². The van der Waals surface area contributed by atoms with Crippen molar-refractivity contribution < 1.29 is 18.3 Å². The third-order valence-corrected chi connectivity index (χ3v) is 6.92. The molecule has 0 bridgehead atoms. The molecule has 0 aromatic carbocycles. The van der Waals surface area contributed by atoms with Crippen LogP contribution in [0, 0.1) is 29.6 Å². The molecule has 2 nitrogen and oxygen atoms in total. The van der Waals surface area contributed by atoms with Crippen LogP contribution in [0.25, 0.3) is 0 Å². The highest BCUT2D eigenvalue weighted by molar-refractivity contribution is 4.86. The summed E-state index contributed by atoms with van der Waals surface area (Å²) < 4.78 is 36.1. The number of hydrogen-bond acceptors (Lipinski definition) is 2. The van der Waals surface area contributed by atoms with E-state index in [0.717, 1.165) is 37.5 Å². The zero-order chi connectivity index (χ0) is 18.4. The Morgan fingerprint density at radius 2 is 1.38 bits per heavy atom. The highest BCUT2D eigenvalue weighted by Gasteiger charge is 2.35. The van der Waals surface area contributed by atoms with Gasteiger partial charge in [0.25, 0.3) is 6.08 Å². The van der Waals surface area contributed by atoms with E-state index in [-0.39, 0.29) is 6.29 Å². The van der Waals surface area contributed by atoms with Crippen LogP contribution in [-0.2, 0) is 9.47 Å². The van der Waals surface area contributed by atoms with Gasteiger partial charge in [0.15, 0.2) is 6.29 Å². The summed E-state index contributed by atoms with van der Waals surface area (Å²) in [5.41, 5.74) is 0. The lowest BCUT2D eigenvalue weighted by atomic mass is 9.68. The summed E-state index contributed by atoms with van der Waals surface area (Å²) in [6.07, 6.45) is 13.0. The zero-order valence-corrected chi connectivity index (χ0v) is 15.9. The lowest BCUT2D eigenvalue weighted by Crippen LogP contribution is -2.38. The topological polar surface area (TPSA) is 18.5 Å². The van der Waals surface area contributed by atoms with Gasteiger partial charge in [-0.15, -0.1) is 6.58 Å². The molecule has 0 amide bonds. The Kier molecular flexibility index (Phi) is 7.68. The lowest BCUT2D eigenvalue weighted by Gasteiger charge is -2.40. The number of ether oxygens (including phenoxy) is 2. The molecule has 26 heavy (non-hydrogen) atoms. The molecular weight excluding hydrogens is 334 g/mol. The van der Waals surface area contributed by atoms with Crippen LogP contribution in [0.15, 0.2) is 24.8 Å². The van der Waals surface area contributed by atoms with Gasteiger partial charge in [-0.3, -0.25) is 0 Å². The molecule has 0 unspecified atom stereocenters. The molecule has 3 aliphatic rings. The molecule has 0 atom stereocenters. The van der Waals surface area contributed by atoms with E-state index in [2.05, 4.69) is 6.58 Å². The molecule has 3 rings (SSSR count). The molecule has 1 saturated heterocycles. The van der Waals surface area contributed by atoms with E-state index >= 15 is 0 Å². The van der Waals surface area contributed by atoms with E-state index in [0.29, 0.717) is 24.2 Å². The van der Waals surface area contributed by atoms with Crippen molar-refractivity contribution in [3.05, 3.63) is 24.8 Å². The summed E-state index contributed by atoms with van der Waals surface area (Å²) in [5, 5.41) is 0. The van der Waals surface area contributed by atoms with Crippen molar-refractivity contribution in [3.8, 4) is 0 Å². The van der Waals surface area contributed by atoms with Crippen LogP contribution >= 0.6 is 0 Å². The van der Waals surface area contributed by atoms with Crippen LogP contribution in [0.1, 0.15) is 64.2 Å². The van der Waals surface area contributed by atoms with Gasteiger partial charge in [-0.25, -0.2) is 0 Å². The molecule has 2 saturated carbocycles. The van der Waals surface area contributed by atoms with Crippen molar-refractivity contribution in [1.82, 2.24) is 0 Å². The monoisotopic (exact) mass is 368 g/mol. The minimum atomic E-state index is -1.53. The summed E-state index contributed by atoms with van der Waals surface area (Å²) in [7, 11) is 0. The predicted molar refractivity (Wildman–Crippen MR) is 99.8 cm³/mol. The first-order valence-corrected chi connectivity index (χ1v) is 10.5. The fraction of sp³-hybridized carbons (Fsp3) is 0.818. The molecule has 1 aliphatic heterocycles. The highest BCUT2D eigenvalue weighted by atomic mass is 19.3. The summed E-state index contributed by atoms with van der Waals surface area (Å²) in [5.74, 6) is 3.24. The molecular formula is C22H34F2O2. The molecule has 0 radical (unpaired) electrons. The van der Waals surface area contributed by atoms with Crippen molar-refractivity contribution in [1.29, 1.82) is 0 Å². The Morgan fingerprint density at radius 3 is 1.92 bits per heavy atom. The molecule has 2 aliphatic carbocycles. The van der Waals surface area contributed by atoms with Gasteiger partial charge < -0.3 is 9.47 Å². The molecule has 148 valence electrons. The molecule has 4 heteroatoms. The lowest BCUT2D eigenvalue weighted by molar-refractivity contribution is -0.223. The fourth-order valence-corrected chi connectivity index (χ4v) is 5.21. The maximum Gasteiger partial charge on any atom is 0.266 e. The van der Waals surface area contributed by atoms with Crippen LogP contribution < -0.4 is 0 Å². The fourth-order valence-electron chi connectivity index (χ4n) is 5.21. The van der Waals surface area contributed by atoms with Crippen molar-refractivity contribution in [2.24, 2.45) is 29.6 Å². The van der Waals surface area contributed by atoms with Crippen LogP contribution in [0.4, 0.5) is 8.78 Å². The average Bonchev–Trinajstić information content (AvgIpc) is 2.68. The number of rotatable bonds is 6. The number of hydrogen-bond donors (Lipinski definition) is 0. The smallest absolute Gasteiger partial charge is 0.266 e. The van der Waals surface area contributed by atoms with Gasteiger partial charge in [0, 0.05) is 11.8 Å². The zero-order valence-electron chi connectivity index (χ0n) is 15.9. The summed E-state index contributed by atoms with van der Waals surface area (Å²) in [6, 6.07) is 0. The van der Waals surface area contributed by atoms with Crippen molar-refractivity contribution in [3.63, 3.8) is 0 Å². The van der Waals surface area contributed by atoms with E-state index in [1.807, 2.05) is 6.08 Å². The second kappa shape index (κ2) is 9.98. The van der Waals surface area contributed by atoms with Gasteiger partial charge in [-0.1, -0.05) is 18.9 Å². The van der Waals surface area contributed by atoms with Gasteiger partial charge >= 0.3 is 0 Å². The molecule has 3 fully saturated rings. The van der Waals surface area contributed by atoms with Crippen LogP contribution in [0.3, 0.4) is 0 Å². The normalized spacial score (nSPS) is 38.5. The highest BCUT2D eigenvalue weighted by Crippen LogP contribution is 2.43. The number of allylic oxidation sites excluding steroid dienone is 1. The van der Waals surface area contributed by atoms with Crippen molar-refractivity contribution >= 4 is 0 Å². The SMILES string of the molecule is C=CC1COC(C2CCC(C3CCC(CCC=C(F)F)CC3)CC2)OC1. The molecule has 0 aromatic rings. The Morgan fingerprint density at radius 1 is 0.846 bits per heavy atom. The average molecular weight is 369 g/mol. The Balaban J connectivity index is 1.34. The standard InChI is InChI=1S/C22H34F2O2/c1-2-16-14-25-22(26-15-16)20-12-10-19(11-13-20)18-8-6-17(7-9-18)4-3-5-21(23)24/h2,5,16-20,22H,1,3-4,6-15H2. The molecule has 0 N–H and O–H groups in total. The van der Waals surface area contributed by atoms with Gasteiger partial charge in [0.05, 0.1) is 13.2 Å². The summed E-state index contributed by atoms with van der Waals surface area (Å²) in [4.78, 5) is 0. The molecule has 1 heterocycles. The summed E-state index contributed by atoms with van der Waals surface area (Å²) in [6.45, 7) is 5.32. The molecule has 0 aromatic heterocycles. The van der Waals surface area contributed by atoms with Crippen LogP contribution in [-0.4, -0.2) is 19.5 Å². The van der Waals surface area contributed by atoms with Gasteiger partial charge in [0.1, 0.15) is 0 Å². The second-order valence-corrected chi connectivity index (χ2v) is 8.56. The van der Waals surface area contributed by atoms with E-state index < -0.39 is 6.08 Å². The number of halogens is 2. The third-order valence-electron chi connectivity index (χ3n) is 6.92. The van der Waals surface area contributed by atoms with Gasteiger partial charge in [-0.05, 0) is 75.2 Å². The van der Waals surface area contributed by atoms with Crippen molar-refractivity contribution in [2.45, 2.75) is 70.5 Å². The van der Waals surface area contributed by atoms with E-state index in [1.165, 1.54) is 51.4 Å². The van der Waals surface area contributed by atoms with Crippen molar-refractivity contribution in [2.75, 3.05) is 13.2 Å². The van der Waals surface area contributed by atoms with Crippen LogP contribution in [0.5, 0.6) is 0 Å². The largest absolute Gasteiger partial charge is 0.352 e. The van der Waals surface area contributed by atoms with Gasteiger partial charge in [-0.2, -0.15) is 8.78 Å². The van der Waals surface area contributed by atoms with E-state index in [9.17, 15) is 8.78 Å². The predicted octanol–water partition coefficient (Wildman–Crippen LogP) is 6.33.